The maximum Gasteiger partial charge on any atom is 0.387 e. The van der Waals surface area contributed by atoms with E-state index in [0.717, 1.165) is 0 Å². The molecule has 0 amide bonds. The van der Waals surface area contributed by atoms with Gasteiger partial charge in [0.05, 0.1) is 6.61 Å². The van der Waals surface area contributed by atoms with E-state index in [0.29, 0.717) is 12.3 Å². The molecular weight excluding hydrogens is 306 g/mol. The third-order valence-corrected chi connectivity index (χ3v) is 2.37. The molecule has 1 aromatic carbocycles. The number of benzene rings is 1. The Labute approximate surface area is 124 Å². The first-order chi connectivity index (χ1) is 10.1. The molecule has 9 heteroatoms. The molecule has 21 heavy (non-hydrogen) atoms. The summed E-state index contributed by atoms with van der Waals surface area (Å²) < 4.78 is 33.5. The second-order valence-corrected chi connectivity index (χ2v) is 4.01. The first-order valence-electron chi connectivity index (χ1n) is 5.93. The van der Waals surface area contributed by atoms with Crippen molar-refractivity contribution in [2.75, 3.05) is 11.9 Å². The molecule has 2 aromatic rings. The maximum atomic E-state index is 12.0. The van der Waals surface area contributed by atoms with Crippen LogP contribution in [-0.2, 0) is 0 Å². The van der Waals surface area contributed by atoms with Crippen LogP contribution in [0.25, 0.3) is 0 Å². The van der Waals surface area contributed by atoms with E-state index in [4.69, 9.17) is 16.3 Å². The van der Waals surface area contributed by atoms with E-state index in [1.165, 1.54) is 24.3 Å². The summed E-state index contributed by atoms with van der Waals surface area (Å²) in [5.41, 5.74) is 0.571. The molecule has 0 aliphatic carbocycles. The van der Waals surface area contributed by atoms with Gasteiger partial charge in [0.25, 0.3) is 0 Å². The lowest BCUT2D eigenvalue weighted by Crippen LogP contribution is -2.04. The number of halogens is 3. The van der Waals surface area contributed by atoms with Crippen LogP contribution in [0.15, 0.2) is 24.3 Å². The third-order valence-electron chi connectivity index (χ3n) is 2.20. The van der Waals surface area contributed by atoms with Crippen LogP contribution in [0.4, 0.5) is 20.4 Å². The molecule has 0 saturated heterocycles. The summed E-state index contributed by atoms with van der Waals surface area (Å²) in [6.07, 6.45) is 0. The summed E-state index contributed by atoms with van der Waals surface area (Å²) >= 11 is 5.75. The fourth-order valence-corrected chi connectivity index (χ4v) is 1.58. The monoisotopic (exact) mass is 316 g/mol. The van der Waals surface area contributed by atoms with E-state index in [2.05, 4.69) is 25.0 Å². The van der Waals surface area contributed by atoms with Gasteiger partial charge in [-0.3, -0.25) is 0 Å². The molecular formula is C12H11ClF2N4O2. The molecule has 2 rings (SSSR count). The van der Waals surface area contributed by atoms with Gasteiger partial charge in [-0.25, -0.2) is 0 Å². The summed E-state index contributed by atoms with van der Waals surface area (Å²) in [6.45, 7) is -0.689. The minimum atomic E-state index is -2.86. The van der Waals surface area contributed by atoms with Gasteiger partial charge in [-0.05, 0) is 42.8 Å². The van der Waals surface area contributed by atoms with Crippen molar-refractivity contribution in [3.63, 3.8) is 0 Å². The summed E-state index contributed by atoms with van der Waals surface area (Å²) in [5.74, 6) is 0.236. The number of nitrogens with one attached hydrogen (secondary N) is 1. The lowest BCUT2D eigenvalue weighted by atomic mass is 10.3. The van der Waals surface area contributed by atoms with E-state index < -0.39 is 6.61 Å². The van der Waals surface area contributed by atoms with E-state index in [1.807, 2.05) is 0 Å². The third kappa shape index (κ3) is 4.67. The highest BCUT2D eigenvalue weighted by Crippen LogP contribution is 2.21. The molecule has 1 aromatic heterocycles. The largest absolute Gasteiger partial charge is 0.464 e. The van der Waals surface area contributed by atoms with E-state index >= 15 is 0 Å². The van der Waals surface area contributed by atoms with Crippen LogP contribution in [0.1, 0.15) is 6.92 Å². The summed E-state index contributed by atoms with van der Waals surface area (Å²) in [4.78, 5) is 11.7. The Morgan fingerprint density at radius 3 is 2.52 bits per heavy atom. The normalized spacial score (nSPS) is 10.5. The quantitative estimate of drug-likeness (QED) is 0.882. The van der Waals surface area contributed by atoms with Crippen LogP contribution in [-0.4, -0.2) is 28.2 Å². The van der Waals surface area contributed by atoms with Crippen LogP contribution in [0, 0.1) is 0 Å². The van der Waals surface area contributed by atoms with E-state index in [-0.39, 0.29) is 23.0 Å². The summed E-state index contributed by atoms with van der Waals surface area (Å²) in [6, 6.07) is 5.95. The van der Waals surface area contributed by atoms with Gasteiger partial charge in [0, 0.05) is 5.69 Å². The summed E-state index contributed by atoms with van der Waals surface area (Å²) in [5, 5.41) is 2.83. The molecule has 0 radical (unpaired) electrons. The zero-order chi connectivity index (χ0) is 15.2. The van der Waals surface area contributed by atoms with Gasteiger partial charge < -0.3 is 14.8 Å². The number of hydrogen-bond donors (Lipinski definition) is 1. The molecule has 1 heterocycles. The second-order valence-electron chi connectivity index (χ2n) is 3.67. The molecule has 0 fully saturated rings. The molecule has 6 nitrogen and oxygen atoms in total. The van der Waals surface area contributed by atoms with Crippen molar-refractivity contribution in [2.24, 2.45) is 0 Å². The van der Waals surface area contributed by atoms with Crippen molar-refractivity contribution < 1.29 is 18.3 Å². The maximum absolute atomic E-state index is 12.0. The Kier molecular flexibility index (Phi) is 5.04. The van der Waals surface area contributed by atoms with E-state index in [1.54, 1.807) is 6.92 Å². The van der Waals surface area contributed by atoms with Crippen LogP contribution in [0.5, 0.6) is 11.8 Å². The molecule has 0 atom stereocenters. The lowest BCUT2D eigenvalue weighted by Gasteiger charge is -2.08. The highest BCUT2D eigenvalue weighted by atomic mass is 35.5. The zero-order valence-electron chi connectivity index (χ0n) is 10.9. The standard InChI is InChI=1S/C12H11ClF2N4O2/c1-2-20-12-18-9(13)17-11(19-12)16-7-3-5-8(6-4-7)21-10(14)15/h3-6,10H,2H2,1H3,(H,16,17,18,19). The first-order valence-corrected chi connectivity index (χ1v) is 6.31. The average Bonchev–Trinajstić information content (AvgIpc) is 2.40. The smallest absolute Gasteiger partial charge is 0.387 e. The molecule has 0 spiro atoms. The van der Waals surface area contributed by atoms with Crippen LogP contribution in [0.2, 0.25) is 5.28 Å². The molecule has 1 N–H and O–H groups in total. The predicted molar refractivity (Wildman–Crippen MR) is 72.4 cm³/mol. The van der Waals surface area contributed by atoms with Crippen molar-refractivity contribution in [1.82, 2.24) is 15.0 Å². The number of nitrogens with zero attached hydrogens (tertiary/aromatic N) is 3. The number of aromatic nitrogens is 3. The lowest BCUT2D eigenvalue weighted by molar-refractivity contribution is -0.0498. The topological polar surface area (TPSA) is 69.2 Å². The Balaban J connectivity index is 2.10. The SMILES string of the molecule is CCOc1nc(Cl)nc(Nc2ccc(OC(F)F)cc2)n1. The van der Waals surface area contributed by atoms with Gasteiger partial charge in [0.1, 0.15) is 5.75 Å². The number of hydrogen-bond acceptors (Lipinski definition) is 6. The van der Waals surface area contributed by atoms with Crippen molar-refractivity contribution in [1.29, 1.82) is 0 Å². The highest BCUT2D eigenvalue weighted by Gasteiger charge is 2.07. The molecule has 0 aliphatic rings. The van der Waals surface area contributed by atoms with Gasteiger partial charge in [0.2, 0.25) is 11.2 Å². The predicted octanol–water partition coefficient (Wildman–Crippen LogP) is 3.27. The van der Waals surface area contributed by atoms with Gasteiger partial charge in [-0.1, -0.05) is 0 Å². The van der Waals surface area contributed by atoms with Gasteiger partial charge in [-0.15, -0.1) is 0 Å². The van der Waals surface area contributed by atoms with Gasteiger partial charge >= 0.3 is 12.6 Å². The van der Waals surface area contributed by atoms with Crippen LogP contribution >= 0.6 is 11.6 Å². The Hall–Kier alpha value is -2.22. The molecule has 0 bridgehead atoms. The molecule has 112 valence electrons. The van der Waals surface area contributed by atoms with Gasteiger partial charge in [0.15, 0.2) is 0 Å². The van der Waals surface area contributed by atoms with Crippen LogP contribution in [0.3, 0.4) is 0 Å². The van der Waals surface area contributed by atoms with Crippen molar-refractivity contribution in [3.8, 4) is 11.8 Å². The Morgan fingerprint density at radius 2 is 1.90 bits per heavy atom. The highest BCUT2D eigenvalue weighted by molar-refractivity contribution is 6.28. The second kappa shape index (κ2) is 6.98. The Morgan fingerprint density at radius 1 is 1.19 bits per heavy atom. The van der Waals surface area contributed by atoms with E-state index in [9.17, 15) is 8.78 Å². The zero-order valence-corrected chi connectivity index (χ0v) is 11.6. The average molecular weight is 317 g/mol. The van der Waals surface area contributed by atoms with Crippen molar-refractivity contribution in [3.05, 3.63) is 29.5 Å². The first kappa shape index (κ1) is 15.2. The fraction of sp³-hybridized carbons (Fsp3) is 0.250. The summed E-state index contributed by atoms with van der Waals surface area (Å²) in [7, 11) is 0. The minimum Gasteiger partial charge on any atom is -0.464 e. The molecule has 0 saturated carbocycles. The van der Waals surface area contributed by atoms with Crippen molar-refractivity contribution in [2.45, 2.75) is 13.5 Å². The number of rotatable bonds is 6. The fourth-order valence-electron chi connectivity index (χ4n) is 1.43. The van der Waals surface area contributed by atoms with Crippen molar-refractivity contribution >= 4 is 23.2 Å². The number of anilines is 2. The number of ether oxygens (including phenoxy) is 2. The minimum absolute atomic E-state index is 0.0198. The molecule has 0 aliphatic heterocycles. The Bertz CT molecular complexity index is 598. The molecule has 0 unspecified atom stereocenters. The number of alkyl halides is 2. The van der Waals surface area contributed by atoms with Gasteiger partial charge in [-0.2, -0.15) is 23.7 Å². The van der Waals surface area contributed by atoms with Crippen LogP contribution < -0.4 is 14.8 Å².